The molecule has 0 fully saturated rings. The summed E-state index contributed by atoms with van der Waals surface area (Å²) < 4.78 is 63.5. The van der Waals surface area contributed by atoms with E-state index < -0.39 is 28.8 Å². The predicted molar refractivity (Wildman–Crippen MR) is 57.4 cm³/mol. The molecule has 8 heteroatoms. The molecule has 0 spiro atoms. The summed E-state index contributed by atoms with van der Waals surface area (Å²) in [6, 6.07) is 3.28. The molecule has 0 saturated carbocycles. The minimum absolute atomic E-state index is 0.160. The van der Waals surface area contributed by atoms with E-state index in [9.17, 15) is 22.0 Å². The molecule has 1 heterocycles. The highest BCUT2D eigenvalue weighted by molar-refractivity contribution is 6.29. The third-order valence-corrected chi connectivity index (χ3v) is 2.30. The largest absolute Gasteiger partial charge is 0.451 e. The van der Waals surface area contributed by atoms with Crippen LogP contribution in [-0.4, -0.2) is 9.97 Å². The molecular formula is C11H4ClF5N2. The van der Waals surface area contributed by atoms with E-state index in [0.29, 0.717) is 6.07 Å². The third kappa shape index (κ3) is 3.17. The quantitative estimate of drug-likeness (QED) is 0.585. The van der Waals surface area contributed by atoms with Crippen LogP contribution in [0.25, 0.3) is 11.3 Å². The molecule has 1 aromatic heterocycles. The minimum Gasteiger partial charge on any atom is -0.224 e. The number of aromatic nitrogens is 2. The molecule has 0 unspecified atom stereocenters. The van der Waals surface area contributed by atoms with Gasteiger partial charge in [0.1, 0.15) is 16.8 Å². The van der Waals surface area contributed by atoms with Gasteiger partial charge in [-0.2, -0.15) is 13.2 Å². The van der Waals surface area contributed by atoms with Crippen molar-refractivity contribution in [2.45, 2.75) is 6.18 Å². The maximum absolute atomic E-state index is 13.0. The van der Waals surface area contributed by atoms with Gasteiger partial charge in [-0.05, 0) is 12.1 Å². The second-order valence-corrected chi connectivity index (χ2v) is 3.94. The predicted octanol–water partition coefficient (Wildman–Crippen LogP) is 4.09. The lowest BCUT2D eigenvalue weighted by Gasteiger charge is -2.08. The van der Waals surface area contributed by atoms with Crippen molar-refractivity contribution >= 4 is 11.6 Å². The first kappa shape index (κ1) is 13.7. The van der Waals surface area contributed by atoms with Gasteiger partial charge in [0.05, 0.1) is 5.69 Å². The summed E-state index contributed by atoms with van der Waals surface area (Å²) in [4.78, 5) is 6.22. The standard InChI is InChI=1S/C11H4ClF5N2/c12-9-4-8(18-10(19-9)11(15,16)17)5-1-6(13)3-7(14)2-5/h1-4H. The Bertz CT molecular complexity index is 607. The maximum atomic E-state index is 13.0. The van der Waals surface area contributed by atoms with E-state index in [1.165, 1.54) is 0 Å². The van der Waals surface area contributed by atoms with Gasteiger partial charge in [0.2, 0.25) is 5.82 Å². The lowest BCUT2D eigenvalue weighted by atomic mass is 10.1. The number of hydrogen-bond acceptors (Lipinski definition) is 2. The van der Waals surface area contributed by atoms with Crippen LogP contribution in [0.3, 0.4) is 0 Å². The van der Waals surface area contributed by atoms with Crippen molar-refractivity contribution in [1.29, 1.82) is 0 Å². The molecule has 0 radical (unpaired) electrons. The van der Waals surface area contributed by atoms with Gasteiger partial charge in [-0.25, -0.2) is 18.7 Å². The van der Waals surface area contributed by atoms with Crippen LogP contribution in [0.1, 0.15) is 5.82 Å². The second kappa shape index (κ2) is 4.73. The Kier molecular flexibility index (Phi) is 3.40. The Labute approximate surface area is 108 Å². The summed E-state index contributed by atoms with van der Waals surface area (Å²) in [5.41, 5.74) is -0.474. The zero-order valence-corrected chi connectivity index (χ0v) is 9.73. The average Bonchev–Trinajstić information content (AvgIpc) is 2.25. The summed E-state index contributed by atoms with van der Waals surface area (Å²) >= 11 is 5.45. The lowest BCUT2D eigenvalue weighted by Crippen LogP contribution is -2.11. The number of rotatable bonds is 1. The van der Waals surface area contributed by atoms with Crippen molar-refractivity contribution in [3.05, 3.63) is 46.9 Å². The molecule has 0 aliphatic heterocycles. The number of halogens is 6. The van der Waals surface area contributed by atoms with Crippen LogP contribution in [0.2, 0.25) is 5.15 Å². The normalized spacial score (nSPS) is 11.7. The van der Waals surface area contributed by atoms with Gasteiger partial charge in [-0.15, -0.1) is 0 Å². The highest BCUT2D eigenvalue weighted by Gasteiger charge is 2.35. The van der Waals surface area contributed by atoms with E-state index in [2.05, 4.69) is 9.97 Å². The summed E-state index contributed by atoms with van der Waals surface area (Å²) in [6.45, 7) is 0. The van der Waals surface area contributed by atoms with E-state index in [4.69, 9.17) is 11.6 Å². The Morgan fingerprint density at radius 3 is 2.00 bits per heavy atom. The van der Waals surface area contributed by atoms with E-state index in [0.717, 1.165) is 18.2 Å². The topological polar surface area (TPSA) is 25.8 Å². The number of benzene rings is 1. The zero-order valence-electron chi connectivity index (χ0n) is 8.97. The van der Waals surface area contributed by atoms with E-state index in [1.54, 1.807) is 0 Å². The minimum atomic E-state index is -4.80. The fourth-order valence-electron chi connectivity index (χ4n) is 1.39. The molecule has 2 rings (SSSR count). The van der Waals surface area contributed by atoms with Crippen LogP contribution in [0, 0.1) is 11.6 Å². The van der Waals surface area contributed by atoms with Gasteiger partial charge in [0.25, 0.3) is 0 Å². The molecule has 0 amide bonds. The molecule has 0 N–H and O–H groups in total. The van der Waals surface area contributed by atoms with Crippen molar-refractivity contribution < 1.29 is 22.0 Å². The maximum Gasteiger partial charge on any atom is 0.451 e. The van der Waals surface area contributed by atoms with Crippen molar-refractivity contribution in [1.82, 2.24) is 9.97 Å². The smallest absolute Gasteiger partial charge is 0.224 e. The SMILES string of the molecule is Fc1cc(F)cc(-c2cc(Cl)nc(C(F)(F)F)n2)c1. The molecule has 0 atom stereocenters. The Morgan fingerprint density at radius 1 is 0.895 bits per heavy atom. The first-order chi connectivity index (χ1) is 8.75. The van der Waals surface area contributed by atoms with Crippen molar-refractivity contribution in [2.24, 2.45) is 0 Å². The van der Waals surface area contributed by atoms with Crippen LogP contribution >= 0.6 is 11.6 Å². The first-order valence-electron chi connectivity index (χ1n) is 4.84. The highest BCUT2D eigenvalue weighted by Crippen LogP contribution is 2.30. The van der Waals surface area contributed by atoms with Crippen molar-refractivity contribution in [3.63, 3.8) is 0 Å². The summed E-state index contributed by atoms with van der Waals surface area (Å²) in [6.07, 6.45) is -4.80. The molecule has 0 bridgehead atoms. The Hall–Kier alpha value is -1.76. The fraction of sp³-hybridized carbons (Fsp3) is 0.0909. The molecule has 0 aliphatic carbocycles. The van der Waals surface area contributed by atoms with E-state index in [-0.39, 0.29) is 11.3 Å². The van der Waals surface area contributed by atoms with Gasteiger partial charge >= 0.3 is 6.18 Å². The molecule has 0 saturated heterocycles. The van der Waals surface area contributed by atoms with Crippen LogP contribution < -0.4 is 0 Å². The zero-order chi connectivity index (χ0) is 14.2. The lowest BCUT2D eigenvalue weighted by molar-refractivity contribution is -0.144. The van der Waals surface area contributed by atoms with Gasteiger partial charge < -0.3 is 0 Å². The summed E-state index contributed by atoms with van der Waals surface area (Å²) in [5.74, 6) is -3.34. The molecule has 1 aromatic carbocycles. The van der Waals surface area contributed by atoms with Crippen LogP contribution in [0.4, 0.5) is 22.0 Å². The van der Waals surface area contributed by atoms with Crippen LogP contribution in [0.5, 0.6) is 0 Å². The van der Waals surface area contributed by atoms with Crippen LogP contribution in [-0.2, 0) is 6.18 Å². The third-order valence-electron chi connectivity index (χ3n) is 2.11. The van der Waals surface area contributed by atoms with Crippen molar-refractivity contribution in [2.75, 3.05) is 0 Å². The van der Waals surface area contributed by atoms with E-state index >= 15 is 0 Å². The van der Waals surface area contributed by atoms with Crippen molar-refractivity contribution in [3.8, 4) is 11.3 Å². The van der Waals surface area contributed by atoms with Crippen LogP contribution in [0.15, 0.2) is 24.3 Å². The second-order valence-electron chi connectivity index (χ2n) is 3.56. The molecular weight excluding hydrogens is 291 g/mol. The summed E-state index contributed by atoms with van der Waals surface area (Å²) in [7, 11) is 0. The average molecular weight is 295 g/mol. The molecule has 0 aliphatic rings. The number of nitrogens with zero attached hydrogens (tertiary/aromatic N) is 2. The Morgan fingerprint density at radius 2 is 1.47 bits per heavy atom. The van der Waals surface area contributed by atoms with Gasteiger partial charge in [-0.1, -0.05) is 11.6 Å². The molecule has 100 valence electrons. The van der Waals surface area contributed by atoms with E-state index in [1.807, 2.05) is 0 Å². The van der Waals surface area contributed by atoms with Gasteiger partial charge in [0, 0.05) is 17.7 Å². The molecule has 19 heavy (non-hydrogen) atoms. The Balaban J connectivity index is 2.59. The first-order valence-corrected chi connectivity index (χ1v) is 5.22. The molecule has 2 aromatic rings. The monoisotopic (exact) mass is 294 g/mol. The molecule has 2 nitrogen and oxygen atoms in total. The van der Waals surface area contributed by atoms with Gasteiger partial charge in [-0.3, -0.25) is 0 Å². The highest BCUT2D eigenvalue weighted by atomic mass is 35.5. The number of hydrogen-bond donors (Lipinski definition) is 0. The number of alkyl halides is 3. The van der Waals surface area contributed by atoms with Gasteiger partial charge in [0.15, 0.2) is 0 Å². The fourth-order valence-corrected chi connectivity index (χ4v) is 1.58. The summed E-state index contributed by atoms with van der Waals surface area (Å²) in [5, 5.41) is -0.470.